The van der Waals surface area contributed by atoms with Crippen LogP contribution in [-0.2, 0) is 16.1 Å². The second kappa shape index (κ2) is 9.32. The van der Waals surface area contributed by atoms with Gasteiger partial charge in [0.15, 0.2) is 0 Å². The van der Waals surface area contributed by atoms with Crippen LogP contribution in [0.5, 0.6) is 0 Å². The molecule has 1 unspecified atom stereocenters. The molecular formula is C20H30N2O3. The molecule has 1 amide bonds. The highest BCUT2D eigenvalue weighted by atomic mass is 16.5. The number of carbonyl (C=O) groups is 1. The molecule has 1 N–H and O–H groups in total. The lowest BCUT2D eigenvalue weighted by Gasteiger charge is -2.34. The van der Waals surface area contributed by atoms with E-state index in [4.69, 9.17) is 4.74 Å². The number of aliphatic hydroxyl groups excluding tert-OH is 1. The van der Waals surface area contributed by atoms with Gasteiger partial charge in [0.1, 0.15) is 0 Å². The largest absolute Gasteiger partial charge is 0.389 e. The smallest absolute Gasteiger partial charge is 0.226 e. The fourth-order valence-corrected chi connectivity index (χ4v) is 3.86. The minimum Gasteiger partial charge on any atom is -0.389 e. The van der Waals surface area contributed by atoms with Gasteiger partial charge in [-0.25, -0.2) is 0 Å². The van der Waals surface area contributed by atoms with Crippen molar-refractivity contribution in [1.82, 2.24) is 9.80 Å². The first-order valence-corrected chi connectivity index (χ1v) is 9.53. The van der Waals surface area contributed by atoms with Gasteiger partial charge < -0.3 is 14.7 Å². The quantitative estimate of drug-likeness (QED) is 0.819. The van der Waals surface area contributed by atoms with E-state index in [-0.39, 0.29) is 5.92 Å². The predicted octanol–water partition coefficient (Wildman–Crippen LogP) is 1.90. The van der Waals surface area contributed by atoms with Crippen LogP contribution in [-0.4, -0.2) is 66.2 Å². The summed E-state index contributed by atoms with van der Waals surface area (Å²) in [4.78, 5) is 16.8. The minimum absolute atomic E-state index is 0.101. The number of piperidine rings is 1. The Morgan fingerprint density at radius 2 is 1.92 bits per heavy atom. The number of likely N-dealkylation sites (tertiary alicyclic amines) is 2. The Morgan fingerprint density at radius 1 is 1.16 bits per heavy atom. The molecule has 2 heterocycles. The maximum atomic E-state index is 12.6. The average Bonchev–Trinajstić information content (AvgIpc) is 3.17. The molecule has 2 atom stereocenters. The Bertz CT molecular complexity index is 531. The molecule has 25 heavy (non-hydrogen) atoms. The van der Waals surface area contributed by atoms with E-state index in [1.807, 2.05) is 35.2 Å². The van der Waals surface area contributed by atoms with E-state index < -0.39 is 6.10 Å². The number of benzene rings is 1. The van der Waals surface area contributed by atoms with Crippen LogP contribution in [0.2, 0.25) is 0 Å². The predicted molar refractivity (Wildman–Crippen MR) is 97.1 cm³/mol. The van der Waals surface area contributed by atoms with E-state index in [1.165, 1.54) is 0 Å². The normalized spacial score (nSPS) is 22.9. The van der Waals surface area contributed by atoms with Crippen LogP contribution in [0.1, 0.15) is 31.2 Å². The fourth-order valence-electron chi connectivity index (χ4n) is 3.86. The molecule has 0 bridgehead atoms. The summed E-state index contributed by atoms with van der Waals surface area (Å²) in [6, 6.07) is 9.99. The highest BCUT2D eigenvalue weighted by molar-refractivity contribution is 5.79. The van der Waals surface area contributed by atoms with E-state index in [2.05, 4.69) is 4.90 Å². The van der Waals surface area contributed by atoms with Crippen molar-refractivity contribution in [2.45, 2.75) is 38.4 Å². The Morgan fingerprint density at radius 3 is 2.68 bits per heavy atom. The first-order chi connectivity index (χ1) is 12.2. The molecule has 1 aromatic rings. The van der Waals surface area contributed by atoms with E-state index >= 15 is 0 Å². The number of hydrogen-bond donors (Lipinski definition) is 1. The zero-order chi connectivity index (χ0) is 17.5. The summed E-state index contributed by atoms with van der Waals surface area (Å²) in [6.45, 7) is 5.00. The van der Waals surface area contributed by atoms with Gasteiger partial charge in [0.2, 0.25) is 5.91 Å². The molecule has 0 radical (unpaired) electrons. The third-order valence-electron chi connectivity index (χ3n) is 5.16. The van der Waals surface area contributed by atoms with Gasteiger partial charge in [0.05, 0.1) is 25.2 Å². The van der Waals surface area contributed by atoms with Crippen LogP contribution in [0.4, 0.5) is 0 Å². The summed E-state index contributed by atoms with van der Waals surface area (Å²) in [5, 5.41) is 10.3. The number of aliphatic hydroxyl groups is 1. The number of amides is 1. The minimum atomic E-state index is -0.510. The van der Waals surface area contributed by atoms with Gasteiger partial charge in [-0.15, -0.1) is 0 Å². The van der Waals surface area contributed by atoms with Crippen LogP contribution in [0.15, 0.2) is 30.3 Å². The topological polar surface area (TPSA) is 53.0 Å². The summed E-state index contributed by atoms with van der Waals surface area (Å²) >= 11 is 0. The van der Waals surface area contributed by atoms with Crippen LogP contribution < -0.4 is 0 Å². The molecule has 138 valence electrons. The van der Waals surface area contributed by atoms with E-state index in [1.54, 1.807) is 0 Å². The van der Waals surface area contributed by atoms with Crippen molar-refractivity contribution in [3.63, 3.8) is 0 Å². The molecule has 5 heteroatoms. The monoisotopic (exact) mass is 346 g/mol. The zero-order valence-corrected chi connectivity index (χ0v) is 15.0. The summed E-state index contributed by atoms with van der Waals surface area (Å²) in [6.07, 6.45) is 3.78. The van der Waals surface area contributed by atoms with Crippen LogP contribution in [0, 0.1) is 5.92 Å². The van der Waals surface area contributed by atoms with Gasteiger partial charge >= 0.3 is 0 Å². The first kappa shape index (κ1) is 18.4. The number of nitrogens with zero attached hydrogens (tertiary/aromatic N) is 2. The van der Waals surface area contributed by atoms with E-state index in [9.17, 15) is 9.90 Å². The van der Waals surface area contributed by atoms with Crippen molar-refractivity contribution in [3.8, 4) is 0 Å². The maximum absolute atomic E-state index is 12.6. The first-order valence-electron chi connectivity index (χ1n) is 9.53. The Balaban J connectivity index is 1.38. The number of carbonyl (C=O) groups excluding carboxylic acids is 1. The van der Waals surface area contributed by atoms with Gasteiger partial charge in [0, 0.05) is 26.2 Å². The lowest BCUT2D eigenvalue weighted by molar-refractivity contribution is -0.136. The third-order valence-corrected chi connectivity index (χ3v) is 5.16. The van der Waals surface area contributed by atoms with Crippen molar-refractivity contribution in [2.24, 2.45) is 5.92 Å². The molecule has 0 aliphatic carbocycles. The number of rotatable bonds is 7. The highest BCUT2D eigenvalue weighted by Gasteiger charge is 2.30. The van der Waals surface area contributed by atoms with Crippen LogP contribution in [0.3, 0.4) is 0 Å². The lowest BCUT2D eigenvalue weighted by Crippen LogP contribution is -2.46. The van der Waals surface area contributed by atoms with Crippen molar-refractivity contribution in [3.05, 3.63) is 35.9 Å². The molecule has 2 fully saturated rings. The van der Waals surface area contributed by atoms with E-state index in [0.29, 0.717) is 25.7 Å². The molecule has 5 nitrogen and oxygen atoms in total. The summed E-state index contributed by atoms with van der Waals surface area (Å²) in [5.74, 6) is 0.418. The van der Waals surface area contributed by atoms with E-state index in [0.717, 1.165) is 57.4 Å². The van der Waals surface area contributed by atoms with Gasteiger partial charge in [0.25, 0.3) is 0 Å². The van der Waals surface area contributed by atoms with Gasteiger partial charge in [-0.1, -0.05) is 30.3 Å². The Kier molecular flexibility index (Phi) is 6.84. The van der Waals surface area contributed by atoms with Gasteiger partial charge in [-0.2, -0.15) is 0 Å². The second-order valence-corrected chi connectivity index (χ2v) is 7.29. The molecule has 0 saturated carbocycles. The second-order valence-electron chi connectivity index (χ2n) is 7.29. The van der Waals surface area contributed by atoms with Crippen molar-refractivity contribution < 1.29 is 14.6 Å². The van der Waals surface area contributed by atoms with Crippen LogP contribution >= 0.6 is 0 Å². The molecule has 2 saturated heterocycles. The molecule has 2 aliphatic rings. The fraction of sp³-hybridized carbons (Fsp3) is 0.650. The number of hydrogen-bond acceptors (Lipinski definition) is 4. The average molecular weight is 346 g/mol. The van der Waals surface area contributed by atoms with Crippen molar-refractivity contribution >= 4 is 5.91 Å². The lowest BCUT2D eigenvalue weighted by atomic mass is 9.96. The van der Waals surface area contributed by atoms with Crippen molar-refractivity contribution in [2.75, 3.05) is 39.3 Å². The standard InChI is InChI=1S/C20H30N2O3/c23-19(16-25-15-17-7-2-1-3-8-17)14-21-10-6-9-18(13-21)20(24)22-11-4-5-12-22/h1-3,7-8,18-19,23H,4-6,9-16H2/t18?,19-/m1/s1. The molecule has 0 spiro atoms. The maximum Gasteiger partial charge on any atom is 0.226 e. The molecule has 2 aliphatic heterocycles. The van der Waals surface area contributed by atoms with Crippen LogP contribution in [0.25, 0.3) is 0 Å². The Labute approximate surface area is 150 Å². The highest BCUT2D eigenvalue weighted by Crippen LogP contribution is 2.21. The summed E-state index contributed by atoms with van der Waals surface area (Å²) in [5.41, 5.74) is 1.11. The van der Waals surface area contributed by atoms with Crippen molar-refractivity contribution in [1.29, 1.82) is 0 Å². The molecule has 0 aromatic heterocycles. The Hall–Kier alpha value is -1.43. The molecular weight excluding hydrogens is 316 g/mol. The summed E-state index contributed by atoms with van der Waals surface area (Å²) < 4.78 is 5.63. The number of ether oxygens (including phenoxy) is 1. The molecule has 3 rings (SSSR count). The van der Waals surface area contributed by atoms with Gasteiger partial charge in [-0.3, -0.25) is 9.69 Å². The molecule has 1 aromatic carbocycles. The SMILES string of the molecule is O=C(C1CCCN(C[C@@H](O)COCc2ccccc2)C1)N1CCCC1. The third kappa shape index (κ3) is 5.53. The zero-order valence-electron chi connectivity index (χ0n) is 15.0. The van der Waals surface area contributed by atoms with Gasteiger partial charge in [-0.05, 0) is 37.8 Å². The number of β-amino-alcohol motifs (C(OH)–C–C–N with tert-alkyl or cyclic N) is 1. The summed E-state index contributed by atoms with van der Waals surface area (Å²) in [7, 11) is 0.